The summed E-state index contributed by atoms with van der Waals surface area (Å²) in [5.41, 5.74) is 2.45. The summed E-state index contributed by atoms with van der Waals surface area (Å²) in [5.74, 6) is 1.36. The van der Waals surface area contributed by atoms with Gasteiger partial charge < -0.3 is 19.7 Å². The molecule has 0 bridgehead atoms. The third-order valence-corrected chi connectivity index (χ3v) is 6.42. The molecule has 0 saturated carbocycles. The average molecular weight is 388 g/mol. The van der Waals surface area contributed by atoms with Crippen LogP contribution in [-0.2, 0) is 19.5 Å². The quantitative estimate of drug-likeness (QED) is 0.857. The molecule has 2 aliphatic heterocycles. The van der Waals surface area contributed by atoms with E-state index in [1.165, 1.54) is 10.4 Å². The molecule has 1 N–H and O–H groups in total. The SMILES string of the molecule is COc1ccc(CNC(=O)N2CC(N3CCc4sccc4C3)C2)cc1OC. The molecule has 4 rings (SSSR count). The lowest BCUT2D eigenvalue weighted by atomic mass is 10.0. The minimum Gasteiger partial charge on any atom is -0.493 e. The molecule has 27 heavy (non-hydrogen) atoms. The second-order valence-corrected chi connectivity index (χ2v) is 8.00. The van der Waals surface area contributed by atoms with Crippen molar-refractivity contribution in [2.45, 2.75) is 25.6 Å². The lowest BCUT2D eigenvalue weighted by Crippen LogP contribution is -2.63. The number of thiophene rings is 1. The molecule has 0 aliphatic carbocycles. The lowest BCUT2D eigenvalue weighted by Gasteiger charge is -2.46. The molecular weight excluding hydrogens is 362 g/mol. The highest BCUT2D eigenvalue weighted by Crippen LogP contribution is 2.29. The molecule has 1 saturated heterocycles. The van der Waals surface area contributed by atoms with Gasteiger partial charge in [0.15, 0.2) is 11.5 Å². The van der Waals surface area contributed by atoms with E-state index in [0.29, 0.717) is 24.1 Å². The fourth-order valence-electron chi connectivity index (χ4n) is 3.71. The summed E-state index contributed by atoms with van der Waals surface area (Å²) in [6.45, 7) is 4.20. The molecule has 0 unspecified atom stereocenters. The number of benzene rings is 1. The van der Waals surface area contributed by atoms with Crippen LogP contribution in [0.2, 0.25) is 0 Å². The molecule has 7 heteroatoms. The third kappa shape index (κ3) is 3.75. The van der Waals surface area contributed by atoms with Crippen molar-refractivity contribution in [3.8, 4) is 11.5 Å². The van der Waals surface area contributed by atoms with Crippen molar-refractivity contribution in [1.29, 1.82) is 0 Å². The maximum atomic E-state index is 12.4. The van der Waals surface area contributed by atoms with Crippen molar-refractivity contribution in [3.63, 3.8) is 0 Å². The number of rotatable bonds is 5. The normalized spacial score (nSPS) is 17.2. The summed E-state index contributed by atoms with van der Waals surface area (Å²) in [5, 5.41) is 5.18. The average Bonchev–Trinajstić information content (AvgIpc) is 3.12. The van der Waals surface area contributed by atoms with Gasteiger partial charge in [-0.3, -0.25) is 4.90 Å². The molecular formula is C20H25N3O3S. The second kappa shape index (κ2) is 7.78. The minimum absolute atomic E-state index is 0.00531. The second-order valence-electron chi connectivity index (χ2n) is 7.00. The number of urea groups is 1. The predicted octanol–water partition coefficient (Wildman–Crippen LogP) is 2.72. The third-order valence-electron chi connectivity index (χ3n) is 5.39. The largest absolute Gasteiger partial charge is 0.493 e. The van der Waals surface area contributed by atoms with Crippen molar-refractivity contribution in [2.24, 2.45) is 0 Å². The first-order valence-corrected chi connectivity index (χ1v) is 10.1. The molecule has 0 spiro atoms. The van der Waals surface area contributed by atoms with Crippen LogP contribution in [0.1, 0.15) is 16.0 Å². The number of carbonyl (C=O) groups excluding carboxylic acids is 1. The van der Waals surface area contributed by atoms with Crippen LogP contribution in [0.15, 0.2) is 29.6 Å². The van der Waals surface area contributed by atoms with Crippen LogP contribution in [0.4, 0.5) is 4.79 Å². The molecule has 2 amide bonds. The van der Waals surface area contributed by atoms with E-state index in [1.807, 2.05) is 34.4 Å². The van der Waals surface area contributed by atoms with E-state index in [9.17, 15) is 4.79 Å². The number of nitrogens with zero attached hydrogens (tertiary/aromatic N) is 2. The number of fused-ring (bicyclic) bond motifs is 1. The van der Waals surface area contributed by atoms with Gasteiger partial charge in [-0.25, -0.2) is 4.79 Å². The monoisotopic (exact) mass is 387 g/mol. The van der Waals surface area contributed by atoms with Crippen molar-refractivity contribution in [3.05, 3.63) is 45.6 Å². The van der Waals surface area contributed by atoms with Gasteiger partial charge in [-0.05, 0) is 41.1 Å². The number of hydrogen-bond donors (Lipinski definition) is 1. The Balaban J connectivity index is 1.25. The molecule has 6 nitrogen and oxygen atoms in total. The molecule has 2 aromatic rings. The Labute approximate surface area is 163 Å². The van der Waals surface area contributed by atoms with Gasteiger partial charge in [-0.2, -0.15) is 0 Å². The zero-order chi connectivity index (χ0) is 18.8. The first-order chi connectivity index (χ1) is 13.2. The number of amides is 2. The summed E-state index contributed by atoms with van der Waals surface area (Å²) in [6, 6.07) is 8.39. The van der Waals surface area contributed by atoms with Gasteiger partial charge in [0, 0.05) is 43.6 Å². The highest BCUT2D eigenvalue weighted by atomic mass is 32.1. The Morgan fingerprint density at radius 1 is 1.22 bits per heavy atom. The van der Waals surface area contributed by atoms with Crippen molar-refractivity contribution in [2.75, 3.05) is 33.9 Å². The van der Waals surface area contributed by atoms with Crippen LogP contribution < -0.4 is 14.8 Å². The van der Waals surface area contributed by atoms with Crippen LogP contribution >= 0.6 is 11.3 Å². The first kappa shape index (κ1) is 18.1. The summed E-state index contributed by atoms with van der Waals surface area (Å²) >= 11 is 1.86. The Hall–Kier alpha value is -2.25. The van der Waals surface area contributed by atoms with E-state index in [4.69, 9.17) is 9.47 Å². The fraction of sp³-hybridized carbons (Fsp3) is 0.450. The van der Waals surface area contributed by atoms with Crippen LogP contribution in [0.3, 0.4) is 0 Å². The molecule has 0 atom stereocenters. The molecule has 3 heterocycles. The highest BCUT2D eigenvalue weighted by molar-refractivity contribution is 7.10. The van der Waals surface area contributed by atoms with Crippen molar-refractivity contribution in [1.82, 2.24) is 15.1 Å². The number of hydrogen-bond acceptors (Lipinski definition) is 5. The maximum Gasteiger partial charge on any atom is 0.317 e. The van der Waals surface area contributed by atoms with Gasteiger partial charge in [-0.1, -0.05) is 6.07 Å². The zero-order valence-electron chi connectivity index (χ0n) is 15.7. The topological polar surface area (TPSA) is 54.0 Å². The molecule has 0 radical (unpaired) electrons. The Morgan fingerprint density at radius 2 is 2.04 bits per heavy atom. The maximum absolute atomic E-state index is 12.4. The summed E-state index contributed by atoms with van der Waals surface area (Å²) in [4.78, 5) is 18.3. The van der Waals surface area contributed by atoms with Crippen LogP contribution in [0.5, 0.6) is 11.5 Å². The summed E-state index contributed by atoms with van der Waals surface area (Å²) in [6.07, 6.45) is 1.13. The van der Waals surface area contributed by atoms with Gasteiger partial charge in [0.05, 0.1) is 14.2 Å². The van der Waals surface area contributed by atoms with Gasteiger partial charge >= 0.3 is 6.03 Å². The fourth-order valence-corrected chi connectivity index (χ4v) is 4.60. The van der Waals surface area contributed by atoms with Gasteiger partial charge in [0.25, 0.3) is 0 Å². The molecule has 144 valence electrons. The molecule has 2 aliphatic rings. The molecule has 1 fully saturated rings. The van der Waals surface area contributed by atoms with Gasteiger partial charge in [-0.15, -0.1) is 11.3 Å². The molecule has 1 aromatic heterocycles. The van der Waals surface area contributed by atoms with Crippen molar-refractivity contribution < 1.29 is 14.3 Å². The van der Waals surface area contributed by atoms with E-state index in [-0.39, 0.29) is 6.03 Å². The smallest absolute Gasteiger partial charge is 0.317 e. The van der Waals surface area contributed by atoms with E-state index in [2.05, 4.69) is 21.7 Å². The van der Waals surface area contributed by atoms with E-state index >= 15 is 0 Å². The Kier molecular flexibility index (Phi) is 5.22. The van der Waals surface area contributed by atoms with Crippen molar-refractivity contribution >= 4 is 17.4 Å². The van der Waals surface area contributed by atoms with E-state index < -0.39 is 0 Å². The first-order valence-electron chi connectivity index (χ1n) is 9.21. The highest BCUT2D eigenvalue weighted by Gasteiger charge is 2.36. The summed E-state index contributed by atoms with van der Waals surface area (Å²) < 4.78 is 10.6. The van der Waals surface area contributed by atoms with Gasteiger partial charge in [0.1, 0.15) is 0 Å². The number of likely N-dealkylation sites (tertiary alicyclic amines) is 1. The number of methoxy groups -OCH3 is 2. The number of carbonyl (C=O) groups is 1. The van der Waals surface area contributed by atoms with E-state index in [1.54, 1.807) is 14.2 Å². The zero-order valence-corrected chi connectivity index (χ0v) is 16.6. The standard InChI is InChI=1S/C20H25N3O3S/c1-25-17-4-3-14(9-18(17)26-2)10-21-20(24)23-12-16(13-23)22-7-5-19-15(11-22)6-8-27-19/h3-4,6,8-9,16H,5,7,10-13H2,1-2H3,(H,21,24). The molecule has 1 aromatic carbocycles. The van der Waals surface area contributed by atoms with Crippen LogP contribution in [0, 0.1) is 0 Å². The van der Waals surface area contributed by atoms with Crippen LogP contribution in [-0.4, -0.2) is 55.7 Å². The van der Waals surface area contributed by atoms with E-state index in [0.717, 1.165) is 38.2 Å². The van der Waals surface area contributed by atoms with Crippen LogP contribution in [0.25, 0.3) is 0 Å². The predicted molar refractivity (Wildman–Crippen MR) is 106 cm³/mol. The Morgan fingerprint density at radius 3 is 2.81 bits per heavy atom. The van der Waals surface area contributed by atoms with Gasteiger partial charge in [0.2, 0.25) is 0 Å². The minimum atomic E-state index is -0.00531. The number of ether oxygens (including phenoxy) is 2. The Bertz CT molecular complexity index is 817. The lowest BCUT2D eigenvalue weighted by molar-refractivity contribution is 0.0487. The summed E-state index contributed by atoms with van der Waals surface area (Å²) in [7, 11) is 3.22. The number of nitrogens with one attached hydrogen (secondary N) is 1.